The smallest absolute Gasteiger partial charge is 0.100 e. The van der Waals surface area contributed by atoms with E-state index >= 15 is 0 Å². The highest BCUT2D eigenvalue weighted by molar-refractivity contribution is 7.10. The zero-order chi connectivity index (χ0) is 13.8. The van der Waals surface area contributed by atoms with Crippen LogP contribution in [-0.2, 0) is 6.54 Å². The second-order valence-corrected chi connectivity index (χ2v) is 5.28. The van der Waals surface area contributed by atoms with Crippen LogP contribution in [0.4, 0.5) is 5.69 Å². The van der Waals surface area contributed by atoms with Gasteiger partial charge in [0.25, 0.3) is 0 Å². The van der Waals surface area contributed by atoms with Gasteiger partial charge in [0.1, 0.15) is 6.07 Å². The molecular weight excluding hydrogens is 268 g/mol. The van der Waals surface area contributed by atoms with Crippen molar-refractivity contribution in [3.05, 3.63) is 64.9 Å². The number of hydrogen-bond donors (Lipinski definition) is 1. The average Bonchev–Trinajstić information content (AvgIpc) is 3.17. The summed E-state index contributed by atoms with van der Waals surface area (Å²) in [5.74, 6) is 0. The van der Waals surface area contributed by atoms with Gasteiger partial charge in [0.15, 0.2) is 0 Å². The van der Waals surface area contributed by atoms with Gasteiger partial charge in [0.2, 0.25) is 0 Å². The summed E-state index contributed by atoms with van der Waals surface area (Å²) in [6.07, 6.45) is 5.45. The standard InChI is InChI=1S/C15H12N4S/c16-8-12-6-15(20-10-12)9-18-13-2-1-3-14(7-13)19-5-4-17-11-19/h1-7,10-11,18H,9H2. The van der Waals surface area contributed by atoms with Crippen molar-refractivity contribution in [2.75, 3.05) is 5.32 Å². The molecule has 0 fully saturated rings. The highest BCUT2D eigenvalue weighted by atomic mass is 32.1. The SMILES string of the molecule is N#Cc1csc(CNc2cccc(-n3ccnc3)c2)c1. The summed E-state index contributed by atoms with van der Waals surface area (Å²) in [5, 5.41) is 14.0. The number of benzene rings is 1. The first kappa shape index (κ1) is 12.5. The molecule has 0 atom stereocenters. The first-order valence-electron chi connectivity index (χ1n) is 6.15. The largest absolute Gasteiger partial charge is 0.380 e. The van der Waals surface area contributed by atoms with Crippen LogP contribution in [0.2, 0.25) is 0 Å². The third-order valence-electron chi connectivity index (χ3n) is 2.90. The van der Waals surface area contributed by atoms with Crippen LogP contribution in [0.5, 0.6) is 0 Å². The van der Waals surface area contributed by atoms with Crippen molar-refractivity contribution in [1.82, 2.24) is 9.55 Å². The van der Waals surface area contributed by atoms with E-state index in [9.17, 15) is 0 Å². The molecule has 0 aliphatic heterocycles. The molecule has 0 spiro atoms. The molecule has 0 aliphatic carbocycles. The van der Waals surface area contributed by atoms with E-state index in [4.69, 9.17) is 5.26 Å². The summed E-state index contributed by atoms with van der Waals surface area (Å²) >= 11 is 1.60. The molecule has 3 rings (SSSR count). The van der Waals surface area contributed by atoms with Gasteiger partial charge in [-0.3, -0.25) is 0 Å². The number of rotatable bonds is 4. The summed E-state index contributed by atoms with van der Waals surface area (Å²) in [4.78, 5) is 5.20. The van der Waals surface area contributed by atoms with Crippen molar-refractivity contribution in [2.45, 2.75) is 6.54 Å². The molecule has 0 bridgehead atoms. The summed E-state index contributed by atoms with van der Waals surface area (Å²) < 4.78 is 1.96. The number of nitriles is 1. The van der Waals surface area contributed by atoms with Crippen LogP contribution >= 0.6 is 11.3 Å². The molecular formula is C15H12N4S. The second kappa shape index (κ2) is 5.59. The molecule has 2 heterocycles. The Hall–Kier alpha value is -2.58. The Kier molecular flexibility index (Phi) is 3.48. The van der Waals surface area contributed by atoms with Gasteiger partial charge >= 0.3 is 0 Å². The van der Waals surface area contributed by atoms with Crippen LogP contribution in [0.15, 0.2) is 54.4 Å². The van der Waals surface area contributed by atoms with Crippen molar-refractivity contribution in [3.63, 3.8) is 0 Å². The van der Waals surface area contributed by atoms with E-state index in [-0.39, 0.29) is 0 Å². The molecule has 1 N–H and O–H groups in total. The summed E-state index contributed by atoms with van der Waals surface area (Å²) in [5.41, 5.74) is 2.83. The lowest BCUT2D eigenvalue weighted by Crippen LogP contribution is -1.98. The zero-order valence-corrected chi connectivity index (χ0v) is 11.5. The quantitative estimate of drug-likeness (QED) is 0.796. The van der Waals surface area contributed by atoms with Gasteiger partial charge in [0.05, 0.1) is 11.9 Å². The molecule has 3 aromatic rings. The molecule has 5 heteroatoms. The third kappa shape index (κ3) is 2.71. The monoisotopic (exact) mass is 280 g/mol. The summed E-state index contributed by atoms with van der Waals surface area (Å²) in [6, 6.07) is 12.2. The Morgan fingerprint density at radius 2 is 2.30 bits per heavy atom. The van der Waals surface area contributed by atoms with Gasteiger partial charge in [-0.15, -0.1) is 11.3 Å². The Balaban J connectivity index is 1.72. The van der Waals surface area contributed by atoms with Crippen LogP contribution < -0.4 is 5.32 Å². The lowest BCUT2D eigenvalue weighted by molar-refractivity contribution is 1.05. The fourth-order valence-corrected chi connectivity index (χ4v) is 2.66. The number of anilines is 1. The van der Waals surface area contributed by atoms with Gasteiger partial charge in [0, 0.05) is 40.6 Å². The first-order valence-corrected chi connectivity index (χ1v) is 7.03. The molecule has 20 heavy (non-hydrogen) atoms. The zero-order valence-electron chi connectivity index (χ0n) is 10.7. The number of hydrogen-bond acceptors (Lipinski definition) is 4. The highest BCUT2D eigenvalue weighted by Gasteiger charge is 2.01. The fraction of sp³-hybridized carbons (Fsp3) is 0.0667. The Labute approximate surface area is 120 Å². The normalized spacial score (nSPS) is 10.2. The topological polar surface area (TPSA) is 53.6 Å². The summed E-state index contributed by atoms with van der Waals surface area (Å²) in [6.45, 7) is 0.722. The first-order chi connectivity index (χ1) is 9.85. The van der Waals surface area contributed by atoms with Crippen molar-refractivity contribution >= 4 is 17.0 Å². The maximum Gasteiger partial charge on any atom is 0.100 e. The summed E-state index contributed by atoms with van der Waals surface area (Å²) in [7, 11) is 0. The lowest BCUT2D eigenvalue weighted by Gasteiger charge is -2.07. The van der Waals surface area contributed by atoms with Gasteiger partial charge in [-0.05, 0) is 24.3 Å². The number of nitrogens with zero attached hydrogens (tertiary/aromatic N) is 3. The predicted octanol–water partition coefficient (Wildman–Crippen LogP) is 3.42. The van der Waals surface area contributed by atoms with E-state index < -0.39 is 0 Å². The van der Waals surface area contributed by atoms with Crippen LogP contribution in [-0.4, -0.2) is 9.55 Å². The fourth-order valence-electron chi connectivity index (χ4n) is 1.91. The van der Waals surface area contributed by atoms with Gasteiger partial charge in [-0.1, -0.05) is 6.07 Å². The average molecular weight is 280 g/mol. The Morgan fingerprint density at radius 1 is 1.35 bits per heavy atom. The van der Waals surface area contributed by atoms with Crippen LogP contribution in [0.1, 0.15) is 10.4 Å². The van der Waals surface area contributed by atoms with Gasteiger partial charge < -0.3 is 9.88 Å². The Morgan fingerprint density at radius 3 is 3.05 bits per heavy atom. The maximum absolute atomic E-state index is 8.81. The minimum Gasteiger partial charge on any atom is -0.380 e. The van der Waals surface area contributed by atoms with Crippen LogP contribution in [0.25, 0.3) is 5.69 Å². The molecule has 98 valence electrons. The van der Waals surface area contributed by atoms with Crippen molar-refractivity contribution < 1.29 is 0 Å². The van der Waals surface area contributed by atoms with E-state index in [1.54, 1.807) is 23.9 Å². The molecule has 0 aliphatic rings. The predicted molar refractivity (Wildman–Crippen MR) is 79.9 cm³/mol. The number of nitrogens with one attached hydrogen (secondary N) is 1. The molecule has 1 aromatic carbocycles. The van der Waals surface area contributed by atoms with E-state index in [1.165, 1.54) is 0 Å². The third-order valence-corrected chi connectivity index (χ3v) is 3.84. The van der Waals surface area contributed by atoms with Crippen molar-refractivity contribution in [3.8, 4) is 11.8 Å². The van der Waals surface area contributed by atoms with Crippen molar-refractivity contribution in [1.29, 1.82) is 5.26 Å². The minimum absolute atomic E-state index is 0.721. The molecule has 0 radical (unpaired) electrons. The van der Waals surface area contributed by atoms with E-state index in [1.807, 2.05) is 40.4 Å². The number of imidazole rings is 1. The van der Waals surface area contributed by atoms with Crippen molar-refractivity contribution in [2.24, 2.45) is 0 Å². The minimum atomic E-state index is 0.721. The molecule has 0 saturated carbocycles. The van der Waals surface area contributed by atoms with Crippen LogP contribution in [0, 0.1) is 11.3 Å². The lowest BCUT2D eigenvalue weighted by atomic mass is 10.2. The Bertz CT molecular complexity index is 737. The molecule has 0 unspecified atom stereocenters. The molecule has 2 aromatic heterocycles. The van der Waals surface area contributed by atoms with Crippen LogP contribution in [0.3, 0.4) is 0 Å². The van der Waals surface area contributed by atoms with E-state index in [2.05, 4.69) is 22.4 Å². The number of thiophene rings is 1. The second-order valence-electron chi connectivity index (χ2n) is 4.29. The maximum atomic E-state index is 8.81. The molecule has 0 saturated heterocycles. The van der Waals surface area contributed by atoms with E-state index in [0.717, 1.165) is 28.4 Å². The highest BCUT2D eigenvalue weighted by Crippen LogP contribution is 2.18. The molecule has 4 nitrogen and oxygen atoms in total. The van der Waals surface area contributed by atoms with E-state index in [0.29, 0.717) is 0 Å². The van der Waals surface area contributed by atoms with Gasteiger partial charge in [-0.25, -0.2) is 4.98 Å². The van der Waals surface area contributed by atoms with Gasteiger partial charge in [-0.2, -0.15) is 5.26 Å². The number of aromatic nitrogens is 2. The molecule has 0 amide bonds.